The van der Waals surface area contributed by atoms with E-state index in [2.05, 4.69) is 121 Å². The Morgan fingerprint density at radius 1 is 0.638 bits per heavy atom. The number of allylic oxidation sites excluding steroid dienone is 2. The molecule has 9 rings (SSSR count). The van der Waals surface area contributed by atoms with Crippen molar-refractivity contribution in [1.29, 1.82) is 0 Å². The number of rotatable bonds is 4. The summed E-state index contributed by atoms with van der Waals surface area (Å²) in [4.78, 5) is 19.6. The van der Waals surface area contributed by atoms with Gasteiger partial charge in [0.2, 0.25) is 0 Å². The van der Waals surface area contributed by atoms with Crippen LogP contribution in [0.2, 0.25) is 0 Å². The molecule has 224 valence electrons. The molecule has 1 atom stereocenters. The molecule has 2 aliphatic rings. The highest BCUT2D eigenvalue weighted by atomic mass is 14.8. The van der Waals surface area contributed by atoms with Gasteiger partial charge in [0, 0.05) is 35.3 Å². The largest absolute Gasteiger partial charge is 0.387 e. The predicted octanol–water partition coefficient (Wildman–Crippen LogP) is 9.40. The molecule has 0 radical (unpaired) electrons. The Morgan fingerprint density at radius 3 is 2.13 bits per heavy atom. The minimum Gasteiger partial charge on any atom is -0.387 e. The minimum atomic E-state index is 0.371. The number of hydrogen-bond acceptors (Lipinski definition) is 5. The molecule has 5 nitrogen and oxygen atoms in total. The Kier molecular flexibility index (Phi) is 6.49. The van der Waals surface area contributed by atoms with E-state index in [0.29, 0.717) is 5.92 Å². The monoisotopic (exact) mass is 605 g/mol. The SMILES string of the molecule is CC1Cc2cccnc2-c2nccc(-c3ccc(-c4ccc5ccc(-c6ccc7ccc(C8=CCNC=C8)nc7c6)nc5c4)cc3)c21. The number of benzene rings is 3. The first-order valence-corrected chi connectivity index (χ1v) is 16.1. The molecule has 1 aliphatic heterocycles. The Bertz CT molecular complexity index is 2400. The van der Waals surface area contributed by atoms with Crippen molar-refractivity contribution in [3.05, 3.63) is 151 Å². The van der Waals surface area contributed by atoms with Gasteiger partial charge < -0.3 is 5.32 Å². The number of hydrogen-bond donors (Lipinski definition) is 1. The smallest absolute Gasteiger partial charge is 0.0929 e. The molecule has 0 saturated carbocycles. The van der Waals surface area contributed by atoms with Crippen molar-refractivity contribution in [2.75, 3.05) is 6.54 Å². The molecule has 4 aromatic heterocycles. The van der Waals surface area contributed by atoms with Crippen molar-refractivity contribution in [2.45, 2.75) is 19.3 Å². The summed E-state index contributed by atoms with van der Waals surface area (Å²) in [5.41, 5.74) is 15.4. The van der Waals surface area contributed by atoms with E-state index in [1.54, 1.807) is 0 Å². The fourth-order valence-corrected chi connectivity index (χ4v) is 7.04. The zero-order chi connectivity index (χ0) is 31.3. The standard InChI is InChI=1S/C42H31N5/c1-26-23-34-3-2-19-44-41(34)42-40(26)35(18-22-45-42)28-6-4-27(5-7-28)32-10-8-29-13-15-37(47-38(29)24-32)33-11-9-30-12-14-36(46-39(30)25-33)31-16-20-43-21-17-31/h2-20,22,24-26,43H,21,23H2,1H3. The second-order valence-electron chi connectivity index (χ2n) is 12.4. The summed E-state index contributed by atoms with van der Waals surface area (Å²) in [6.45, 7) is 3.11. The average molecular weight is 606 g/mol. The van der Waals surface area contributed by atoms with E-state index in [1.807, 2.05) is 24.7 Å². The fraction of sp³-hybridized carbons (Fsp3) is 0.0952. The Hall–Kier alpha value is -5.94. The van der Waals surface area contributed by atoms with Crippen molar-refractivity contribution in [3.63, 3.8) is 0 Å². The third-order valence-corrected chi connectivity index (χ3v) is 9.45. The molecule has 7 aromatic rings. The van der Waals surface area contributed by atoms with Crippen LogP contribution in [0.3, 0.4) is 0 Å². The van der Waals surface area contributed by atoms with Crippen LogP contribution in [0.25, 0.3) is 72.3 Å². The van der Waals surface area contributed by atoms with Gasteiger partial charge in [0.05, 0.1) is 33.8 Å². The lowest BCUT2D eigenvalue weighted by Crippen LogP contribution is -2.12. The second-order valence-corrected chi connectivity index (χ2v) is 12.4. The van der Waals surface area contributed by atoms with Crippen LogP contribution in [0.1, 0.15) is 29.7 Å². The van der Waals surface area contributed by atoms with Crippen LogP contribution in [-0.2, 0) is 6.42 Å². The summed E-state index contributed by atoms with van der Waals surface area (Å²) in [6.07, 6.45) is 11.0. The molecule has 3 aromatic carbocycles. The number of nitrogens with zero attached hydrogens (tertiary/aromatic N) is 4. The lowest BCUT2D eigenvalue weighted by atomic mass is 9.80. The van der Waals surface area contributed by atoms with E-state index in [4.69, 9.17) is 19.9 Å². The maximum absolute atomic E-state index is 5.12. The van der Waals surface area contributed by atoms with Gasteiger partial charge in [-0.2, -0.15) is 0 Å². The maximum atomic E-state index is 5.12. The van der Waals surface area contributed by atoms with Crippen molar-refractivity contribution >= 4 is 27.4 Å². The Balaban J connectivity index is 1.04. The normalized spacial score (nSPS) is 15.2. The van der Waals surface area contributed by atoms with Crippen molar-refractivity contribution in [1.82, 2.24) is 25.3 Å². The van der Waals surface area contributed by atoms with E-state index in [-0.39, 0.29) is 0 Å². The lowest BCUT2D eigenvalue weighted by molar-refractivity contribution is 0.740. The summed E-state index contributed by atoms with van der Waals surface area (Å²) >= 11 is 0. The van der Waals surface area contributed by atoms with Gasteiger partial charge in [-0.3, -0.25) is 9.97 Å². The molecule has 0 saturated heterocycles. The minimum absolute atomic E-state index is 0.371. The van der Waals surface area contributed by atoms with E-state index in [0.717, 1.165) is 79.8 Å². The zero-order valence-corrected chi connectivity index (χ0v) is 26.0. The summed E-state index contributed by atoms with van der Waals surface area (Å²) in [7, 11) is 0. The van der Waals surface area contributed by atoms with E-state index in [1.165, 1.54) is 22.3 Å². The number of nitrogens with one attached hydrogen (secondary N) is 1. The molecule has 1 N–H and O–H groups in total. The highest BCUT2D eigenvalue weighted by Gasteiger charge is 2.26. The number of pyridine rings is 4. The topological polar surface area (TPSA) is 63.6 Å². The average Bonchev–Trinajstić information content (AvgIpc) is 3.14. The third kappa shape index (κ3) is 4.88. The molecule has 0 amide bonds. The van der Waals surface area contributed by atoms with Crippen LogP contribution in [0, 0.1) is 0 Å². The first-order valence-electron chi connectivity index (χ1n) is 16.1. The van der Waals surface area contributed by atoms with Gasteiger partial charge in [0.25, 0.3) is 0 Å². The summed E-state index contributed by atoms with van der Waals surface area (Å²) in [5.74, 6) is 0.371. The van der Waals surface area contributed by atoms with Gasteiger partial charge in [-0.15, -0.1) is 0 Å². The molecular formula is C42H31N5. The van der Waals surface area contributed by atoms with E-state index < -0.39 is 0 Å². The zero-order valence-electron chi connectivity index (χ0n) is 26.0. The highest BCUT2D eigenvalue weighted by Crippen LogP contribution is 2.42. The first-order chi connectivity index (χ1) is 23.2. The fourth-order valence-electron chi connectivity index (χ4n) is 7.04. The van der Waals surface area contributed by atoms with Gasteiger partial charge in [-0.05, 0) is 100.0 Å². The second kappa shape index (κ2) is 11.1. The molecule has 0 fully saturated rings. The summed E-state index contributed by atoms with van der Waals surface area (Å²) in [6, 6.07) is 36.7. The van der Waals surface area contributed by atoms with Crippen LogP contribution < -0.4 is 5.32 Å². The number of dihydropyridines is 1. The van der Waals surface area contributed by atoms with Crippen molar-refractivity contribution < 1.29 is 0 Å². The quantitative estimate of drug-likeness (QED) is 0.217. The first kappa shape index (κ1) is 27.4. The Labute approximate surface area is 273 Å². The number of fused-ring (bicyclic) bond motifs is 5. The van der Waals surface area contributed by atoms with Crippen LogP contribution in [-0.4, -0.2) is 26.5 Å². The van der Waals surface area contributed by atoms with Crippen molar-refractivity contribution in [3.8, 4) is 44.9 Å². The van der Waals surface area contributed by atoms with Gasteiger partial charge in [0.15, 0.2) is 0 Å². The summed E-state index contributed by atoms with van der Waals surface area (Å²) < 4.78 is 0. The van der Waals surface area contributed by atoms with Gasteiger partial charge in [-0.25, -0.2) is 9.97 Å². The van der Waals surface area contributed by atoms with Gasteiger partial charge in [-0.1, -0.05) is 79.7 Å². The molecule has 1 unspecified atom stereocenters. The van der Waals surface area contributed by atoms with Crippen molar-refractivity contribution in [2.24, 2.45) is 0 Å². The third-order valence-electron chi connectivity index (χ3n) is 9.45. The van der Waals surface area contributed by atoms with Crippen LogP contribution >= 0.6 is 0 Å². The van der Waals surface area contributed by atoms with E-state index in [9.17, 15) is 0 Å². The molecule has 0 bridgehead atoms. The molecule has 5 heterocycles. The van der Waals surface area contributed by atoms with Crippen LogP contribution in [0.15, 0.2) is 134 Å². The van der Waals surface area contributed by atoms with Crippen LogP contribution in [0.5, 0.6) is 0 Å². The van der Waals surface area contributed by atoms with Crippen LogP contribution in [0.4, 0.5) is 0 Å². The predicted molar refractivity (Wildman–Crippen MR) is 192 cm³/mol. The van der Waals surface area contributed by atoms with E-state index >= 15 is 0 Å². The molecule has 47 heavy (non-hydrogen) atoms. The maximum Gasteiger partial charge on any atom is 0.0929 e. The Morgan fingerprint density at radius 2 is 1.32 bits per heavy atom. The molecule has 0 spiro atoms. The van der Waals surface area contributed by atoms with Gasteiger partial charge >= 0.3 is 0 Å². The number of aromatic nitrogens is 4. The summed E-state index contributed by atoms with van der Waals surface area (Å²) in [5, 5.41) is 5.44. The highest BCUT2D eigenvalue weighted by molar-refractivity contribution is 5.90. The molecule has 5 heteroatoms. The molecular weight excluding hydrogens is 574 g/mol. The van der Waals surface area contributed by atoms with Gasteiger partial charge in [0.1, 0.15) is 0 Å². The molecule has 1 aliphatic carbocycles. The lowest BCUT2D eigenvalue weighted by Gasteiger charge is -2.26.